The summed E-state index contributed by atoms with van der Waals surface area (Å²) in [5.41, 5.74) is 2.10. The third kappa shape index (κ3) is 4.44. The maximum Gasteiger partial charge on any atom is 0.265 e. The van der Waals surface area contributed by atoms with Crippen molar-refractivity contribution in [3.05, 3.63) is 54.1 Å². The van der Waals surface area contributed by atoms with Gasteiger partial charge in [0.25, 0.3) is 5.91 Å². The molecule has 0 bridgehead atoms. The first kappa shape index (κ1) is 18.4. The Bertz CT molecular complexity index is 881. The SMILES string of the molecule is CC(=O)Nc1cccc(C(C)NC(=O)CN2C(=O)COc3ccccc32)c1. The van der Waals surface area contributed by atoms with E-state index in [0.717, 1.165) is 5.56 Å². The maximum atomic E-state index is 12.5. The van der Waals surface area contributed by atoms with Gasteiger partial charge in [0.1, 0.15) is 12.3 Å². The third-order valence-corrected chi connectivity index (χ3v) is 4.19. The van der Waals surface area contributed by atoms with E-state index in [9.17, 15) is 14.4 Å². The van der Waals surface area contributed by atoms with Crippen molar-refractivity contribution in [2.24, 2.45) is 0 Å². The number of anilines is 2. The van der Waals surface area contributed by atoms with Crippen LogP contribution in [0.1, 0.15) is 25.5 Å². The number of carbonyl (C=O) groups is 3. The summed E-state index contributed by atoms with van der Waals surface area (Å²) in [6.45, 7) is 3.11. The van der Waals surface area contributed by atoms with Gasteiger partial charge >= 0.3 is 0 Å². The lowest BCUT2D eigenvalue weighted by Crippen LogP contribution is -2.45. The van der Waals surface area contributed by atoms with Crippen molar-refractivity contribution in [1.82, 2.24) is 5.32 Å². The Balaban J connectivity index is 1.67. The van der Waals surface area contributed by atoms with Gasteiger partial charge in [0.15, 0.2) is 6.61 Å². The van der Waals surface area contributed by atoms with E-state index in [-0.39, 0.29) is 36.9 Å². The van der Waals surface area contributed by atoms with E-state index in [1.54, 1.807) is 24.3 Å². The van der Waals surface area contributed by atoms with Gasteiger partial charge in [0.2, 0.25) is 11.8 Å². The number of nitrogens with zero attached hydrogens (tertiary/aromatic N) is 1. The first-order valence-corrected chi connectivity index (χ1v) is 8.63. The highest BCUT2D eigenvalue weighted by Gasteiger charge is 2.27. The Hall–Kier alpha value is -3.35. The van der Waals surface area contributed by atoms with E-state index < -0.39 is 0 Å². The molecule has 1 aliphatic heterocycles. The Morgan fingerprint density at radius 1 is 1.19 bits per heavy atom. The number of nitrogens with one attached hydrogen (secondary N) is 2. The highest BCUT2D eigenvalue weighted by Crippen LogP contribution is 2.31. The minimum atomic E-state index is -0.280. The molecule has 140 valence electrons. The van der Waals surface area contributed by atoms with Crippen molar-refractivity contribution < 1.29 is 19.1 Å². The number of hydrogen-bond donors (Lipinski definition) is 2. The van der Waals surface area contributed by atoms with E-state index in [4.69, 9.17) is 4.74 Å². The lowest BCUT2D eigenvalue weighted by molar-refractivity contribution is -0.125. The van der Waals surface area contributed by atoms with E-state index in [1.165, 1.54) is 11.8 Å². The average Bonchev–Trinajstić information content (AvgIpc) is 2.64. The van der Waals surface area contributed by atoms with Gasteiger partial charge in [-0.25, -0.2) is 0 Å². The van der Waals surface area contributed by atoms with Crippen LogP contribution in [0.15, 0.2) is 48.5 Å². The molecule has 0 saturated heterocycles. The largest absolute Gasteiger partial charge is 0.482 e. The Morgan fingerprint density at radius 3 is 2.74 bits per heavy atom. The van der Waals surface area contributed by atoms with Crippen LogP contribution in [0, 0.1) is 0 Å². The molecule has 27 heavy (non-hydrogen) atoms. The van der Waals surface area contributed by atoms with Gasteiger partial charge in [0, 0.05) is 12.6 Å². The number of fused-ring (bicyclic) bond motifs is 1. The number of hydrogen-bond acceptors (Lipinski definition) is 4. The molecular weight excluding hydrogens is 346 g/mol. The molecule has 0 aromatic heterocycles. The van der Waals surface area contributed by atoms with Gasteiger partial charge in [-0.1, -0.05) is 24.3 Å². The predicted molar refractivity (Wildman–Crippen MR) is 102 cm³/mol. The van der Waals surface area contributed by atoms with Crippen molar-refractivity contribution in [3.8, 4) is 5.75 Å². The van der Waals surface area contributed by atoms with E-state index in [0.29, 0.717) is 17.1 Å². The highest BCUT2D eigenvalue weighted by molar-refractivity contribution is 6.02. The predicted octanol–water partition coefficient (Wildman–Crippen LogP) is 2.25. The molecule has 7 nitrogen and oxygen atoms in total. The molecule has 7 heteroatoms. The zero-order valence-corrected chi connectivity index (χ0v) is 15.2. The highest BCUT2D eigenvalue weighted by atomic mass is 16.5. The summed E-state index contributed by atoms with van der Waals surface area (Å²) in [6, 6.07) is 14.1. The number of para-hydroxylation sites is 2. The molecule has 2 N–H and O–H groups in total. The van der Waals surface area contributed by atoms with Crippen molar-refractivity contribution in [1.29, 1.82) is 0 Å². The summed E-state index contributed by atoms with van der Waals surface area (Å²) in [7, 11) is 0. The third-order valence-electron chi connectivity index (χ3n) is 4.19. The quantitative estimate of drug-likeness (QED) is 0.848. The molecule has 0 radical (unpaired) electrons. The molecule has 0 saturated carbocycles. The molecule has 2 aromatic rings. The number of benzene rings is 2. The van der Waals surface area contributed by atoms with Gasteiger partial charge < -0.3 is 15.4 Å². The molecule has 1 aliphatic rings. The molecule has 0 spiro atoms. The molecule has 3 rings (SSSR count). The Morgan fingerprint density at radius 2 is 1.96 bits per heavy atom. The van der Waals surface area contributed by atoms with Crippen LogP contribution in [0.4, 0.5) is 11.4 Å². The second kappa shape index (κ2) is 7.90. The molecule has 0 fully saturated rings. The Labute approximate surface area is 157 Å². The van der Waals surface area contributed by atoms with Crippen LogP contribution in [0.3, 0.4) is 0 Å². The summed E-state index contributed by atoms with van der Waals surface area (Å²) in [6.07, 6.45) is 0. The lowest BCUT2D eigenvalue weighted by atomic mass is 10.1. The van der Waals surface area contributed by atoms with Gasteiger partial charge in [-0.2, -0.15) is 0 Å². The summed E-state index contributed by atoms with van der Waals surface area (Å²) >= 11 is 0. The van der Waals surface area contributed by atoms with E-state index >= 15 is 0 Å². The number of rotatable bonds is 5. The Kier molecular flexibility index (Phi) is 5.40. The first-order valence-electron chi connectivity index (χ1n) is 8.63. The molecular formula is C20H21N3O4. The average molecular weight is 367 g/mol. The molecule has 3 amide bonds. The fourth-order valence-electron chi connectivity index (χ4n) is 2.93. The van der Waals surface area contributed by atoms with Crippen LogP contribution in [0.25, 0.3) is 0 Å². The smallest absolute Gasteiger partial charge is 0.265 e. The molecule has 0 aliphatic carbocycles. The van der Waals surface area contributed by atoms with Gasteiger partial charge in [-0.05, 0) is 36.8 Å². The number of ether oxygens (including phenoxy) is 1. The number of amides is 3. The fraction of sp³-hybridized carbons (Fsp3) is 0.250. The molecule has 1 atom stereocenters. The van der Waals surface area contributed by atoms with Crippen LogP contribution >= 0.6 is 0 Å². The van der Waals surface area contributed by atoms with Crippen molar-refractivity contribution in [2.45, 2.75) is 19.9 Å². The van der Waals surface area contributed by atoms with Gasteiger partial charge in [0.05, 0.1) is 11.7 Å². The van der Waals surface area contributed by atoms with Crippen molar-refractivity contribution >= 4 is 29.1 Å². The van der Waals surface area contributed by atoms with Crippen LogP contribution in [-0.2, 0) is 14.4 Å². The van der Waals surface area contributed by atoms with Crippen LogP contribution < -0.4 is 20.3 Å². The normalized spacial score (nSPS) is 14.0. The first-order chi connectivity index (χ1) is 12.9. The van der Waals surface area contributed by atoms with Crippen LogP contribution in [0.5, 0.6) is 5.75 Å². The monoisotopic (exact) mass is 367 g/mol. The van der Waals surface area contributed by atoms with Gasteiger partial charge in [-0.15, -0.1) is 0 Å². The fourth-order valence-corrected chi connectivity index (χ4v) is 2.93. The zero-order valence-electron chi connectivity index (χ0n) is 15.2. The molecule has 1 heterocycles. The number of carbonyl (C=O) groups excluding carboxylic acids is 3. The van der Waals surface area contributed by atoms with Crippen LogP contribution in [-0.4, -0.2) is 30.9 Å². The van der Waals surface area contributed by atoms with E-state index in [1.807, 2.05) is 31.2 Å². The minimum absolute atomic E-state index is 0.0847. The second-order valence-electron chi connectivity index (χ2n) is 6.33. The maximum absolute atomic E-state index is 12.5. The lowest BCUT2D eigenvalue weighted by Gasteiger charge is -2.29. The minimum Gasteiger partial charge on any atom is -0.482 e. The molecule has 2 aromatic carbocycles. The summed E-state index contributed by atoms with van der Waals surface area (Å²) in [5, 5.41) is 5.61. The molecule has 1 unspecified atom stereocenters. The van der Waals surface area contributed by atoms with Gasteiger partial charge in [-0.3, -0.25) is 19.3 Å². The topological polar surface area (TPSA) is 87.7 Å². The van der Waals surface area contributed by atoms with E-state index in [2.05, 4.69) is 10.6 Å². The zero-order chi connectivity index (χ0) is 19.4. The van der Waals surface area contributed by atoms with Crippen molar-refractivity contribution in [2.75, 3.05) is 23.4 Å². The summed E-state index contributed by atoms with van der Waals surface area (Å²) < 4.78 is 5.39. The standard InChI is InChI=1S/C20H21N3O4/c1-13(15-6-5-7-16(10-15)22-14(2)24)21-19(25)11-23-17-8-3-4-9-18(17)27-12-20(23)26/h3-10,13H,11-12H2,1-2H3,(H,21,25)(H,22,24). The summed E-state index contributed by atoms with van der Waals surface area (Å²) in [5.74, 6) is -0.115. The van der Waals surface area contributed by atoms with Crippen molar-refractivity contribution in [3.63, 3.8) is 0 Å². The second-order valence-corrected chi connectivity index (χ2v) is 6.33. The summed E-state index contributed by atoms with van der Waals surface area (Å²) in [4.78, 5) is 37.3. The van der Waals surface area contributed by atoms with Crippen LogP contribution in [0.2, 0.25) is 0 Å².